The Labute approximate surface area is 146 Å². The highest BCUT2D eigenvalue weighted by molar-refractivity contribution is 5.89. The summed E-state index contributed by atoms with van der Waals surface area (Å²) in [5.41, 5.74) is 3.61. The number of hydrogen-bond acceptors (Lipinski definition) is 3. The molecule has 2 heterocycles. The monoisotopic (exact) mass is 335 g/mol. The molecule has 0 fully saturated rings. The van der Waals surface area contributed by atoms with Crippen molar-refractivity contribution in [3.05, 3.63) is 42.6 Å². The molecule has 3 aromatic rings. The zero-order chi connectivity index (χ0) is 17.2. The van der Waals surface area contributed by atoms with Crippen LogP contribution in [0.2, 0.25) is 0 Å². The fourth-order valence-corrected chi connectivity index (χ4v) is 3.30. The second-order valence-corrected chi connectivity index (χ2v) is 6.56. The van der Waals surface area contributed by atoms with Gasteiger partial charge in [0.15, 0.2) is 5.65 Å². The number of rotatable bonds is 4. The van der Waals surface area contributed by atoms with Crippen LogP contribution in [0, 0.1) is 5.92 Å². The van der Waals surface area contributed by atoms with Gasteiger partial charge in [0.05, 0.1) is 6.20 Å². The van der Waals surface area contributed by atoms with Crippen molar-refractivity contribution in [3.63, 3.8) is 0 Å². The number of H-pyrrole nitrogens is 1. The molecule has 0 radical (unpaired) electrons. The Kier molecular flexibility index (Phi) is 4.09. The van der Waals surface area contributed by atoms with Gasteiger partial charge in [0.25, 0.3) is 0 Å². The Morgan fingerprint density at radius 3 is 2.88 bits per heavy atom. The molecule has 1 unspecified atom stereocenters. The topological polar surface area (TPSA) is 75.6 Å². The predicted molar refractivity (Wildman–Crippen MR) is 98.1 cm³/mol. The number of carbonyl (C=O) groups excluding carboxylic acids is 1. The van der Waals surface area contributed by atoms with E-state index in [1.165, 1.54) is 13.3 Å². The van der Waals surface area contributed by atoms with E-state index in [1.807, 2.05) is 35.1 Å². The minimum absolute atomic E-state index is 0.0749. The van der Waals surface area contributed by atoms with Gasteiger partial charge in [0.1, 0.15) is 11.3 Å². The van der Waals surface area contributed by atoms with E-state index in [0.29, 0.717) is 5.92 Å². The van der Waals surface area contributed by atoms with Crippen LogP contribution in [0.1, 0.15) is 26.2 Å². The number of aromatic amines is 1. The van der Waals surface area contributed by atoms with Gasteiger partial charge in [-0.3, -0.25) is 4.79 Å². The summed E-state index contributed by atoms with van der Waals surface area (Å²) in [6, 6.07) is 7.66. The quantitative estimate of drug-likeness (QED) is 0.713. The van der Waals surface area contributed by atoms with Crippen molar-refractivity contribution >= 4 is 22.8 Å². The maximum absolute atomic E-state index is 11.1. The first-order valence-corrected chi connectivity index (χ1v) is 8.63. The zero-order valence-electron chi connectivity index (χ0n) is 14.2. The molecule has 4 rings (SSSR count). The van der Waals surface area contributed by atoms with E-state index < -0.39 is 0 Å². The summed E-state index contributed by atoms with van der Waals surface area (Å²) in [6.07, 6.45) is 9.84. The molecule has 0 bridgehead atoms. The fourth-order valence-electron chi connectivity index (χ4n) is 3.30. The lowest BCUT2D eigenvalue weighted by Gasteiger charge is -2.17. The van der Waals surface area contributed by atoms with Crippen LogP contribution in [0.25, 0.3) is 22.6 Å². The number of imidazole rings is 1. The molecule has 2 aromatic heterocycles. The lowest BCUT2D eigenvalue weighted by molar-refractivity contribution is -0.114. The minimum atomic E-state index is -0.0749. The first kappa shape index (κ1) is 15.6. The third-order valence-electron chi connectivity index (χ3n) is 4.57. The van der Waals surface area contributed by atoms with Crippen molar-refractivity contribution in [1.82, 2.24) is 19.7 Å². The SMILES string of the molecule is CC(=O)Nc1ccc(-c2nc3c(cnn3CC3CC=CCC3)[nH]2)cc1. The van der Waals surface area contributed by atoms with Crippen molar-refractivity contribution in [3.8, 4) is 11.4 Å². The molecular weight excluding hydrogens is 314 g/mol. The highest BCUT2D eigenvalue weighted by Crippen LogP contribution is 2.24. The Morgan fingerprint density at radius 2 is 2.16 bits per heavy atom. The maximum Gasteiger partial charge on any atom is 0.221 e. The Hall–Kier alpha value is -2.89. The lowest BCUT2D eigenvalue weighted by atomic mass is 9.94. The van der Waals surface area contributed by atoms with Gasteiger partial charge in [-0.15, -0.1) is 0 Å². The van der Waals surface area contributed by atoms with Crippen LogP contribution in [0.15, 0.2) is 42.6 Å². The first-order valence-electron chi connectivity index (χ1n) is 8.63. The highest BCUT2D eigenvalue weighted by atomic mass is 16.1. The van der Waals surface area contributed by atoms with E-state index in [2.05, 4.69) is 27.6 Å². The van der Waals surface area contributed by atoms with E-state index in [4.69, 9.17) is 4.98 Å². The van der Waals surface area contributed by atoms with Gasteiger partial charge in [0.2, 0.25) is 5.91 Å². The molecular formula is C19H21N5O. The van der Waals surface area contributed by atoms with E-state index >= 15 is 0 Å². The number of nitrogens with one attached hydrogen (secondary N) is 2. The number of nitrogens with zero attached hydrogens (tertiary/aromatic N) is 3. The van der Waals surface area contributed by atoms with E-state index in [-0.39, 0.29) is 5.91 Å². The molecule has 1 aliphatic carbocycles. The molecule has 1 aliphatic rings. The second kappa shape index (κ2) is 6.55. The van der Waals surface area contributed by atoms with Gasteiger partial charge in [-0.1, -0.05) is 12.2 Å². The molecule has 1 atom stereocenters. The third kappa shape index (κ3) is 3.33. The number of allylic oxidation sites excluding steroid dienone is 2. The Bertz CT molecular complexity index is 919. The number of hydrogen-bond donors (Lipinski definition) is 2. The van der Waals surface area contributed by atoms with Crippen molar-refractivity contribution in [2.45, 2.75) is 32.7 Å². The molecule has 0 saturated heterocycles. The number of anilines is 1. The van der Waals surface area contributed by atoms with E-state index in [1.54, 1.807) is 0 Å². The maximum atomic E-state index is 11.1. The van der Waals surface area contributed by atoms with Crippen LogP contribution in [0.5, 0.6) is 0 Å². The minimum Gasteiger partial charge on any atom is -0.335 e. The summed E-state index contributed by atoms with van der Waals surface area (Å²) in [4.78, 5) is 19.2. The highest BCUT2D eigenvalue weighted by Gasteiger charge is 2.15. The molecule has 128 valence electrons. The lowest BCUT2D eigenvalue weighted by Crippen LogP contribution is -2.13. The number of amides is 1. The van der Waals surface area contributed by atoms with E-state index in [9.17, 15) is 4.79 Å². The molecule has 6 nitrogen and oxygen atoms in total. The number of benzene rings is 1. The van der Waals surface area contributed by atoms with Crippen LogP contribution in [0.4, 0.5) is 5.69 Å². The number of carbonyl (C=O) groups is 1. The smallest absolute Gasteiger partial charge is 0.221 e. The molecule has 25 heavy (non-hydrogen) atoms. The number of fused-ring (bicyclic) bond motifs is 1. The average Bonchev–Trinajstić information content (AvgIpc) is 3.18. The van der Waals surface area contributed by atoms with Crippen LogP contribution >= 0.6 is 0 Å². The third-order valence-corrected chi connectivity index (χ3v) is 4.57. The largest absolute Gasteiger partial charge is 0.335 e. The fraction of sp³-hybridized carbons (Fsp3) is 0.316. The van der Waals surface area contributed by atoms with Crippen LogP contribution in [-0.2, 0) is 11.3 Å². The summed E-state index contributed by atoms with van der Waals surface area (Å²) in [5, 5.41) is 7.25. The zero-order valence-corrected chi connectivity index (χ0v) is 14.2. The summed E-state index contributed by atoms with van der Waals surface area (Å²) >= 11 is 0. The van der Waals surface area contributed by atoms with Crippen LogP contribution in [0.3, 0.4) is 0 Å². The molecule has 1 amide bonds. The summed E-state index contributed by atoms with van der Waals surface area (Å²) in [7, 11) is 0. The van der Waals surface area contributed by atoms with Gasteiger partial charge in [-0.25, -0.2) is 9.67 Å². The first-order chi connectivity index (χ1) is 12.2. The number of aromatic nitrogens is 4. The molecule has 0 spiro atoms. The van der Waals surface area contributed by atoms with Crippen LogP contribution in [-0.4, -0.2) is 25.7 Å². The molecule has 1 aromatic carbocycles. The summed E-state index contributed by atoms with van der Waals surface area (Å²) < 4.78 is 2.00. The van der Waals surface area contributed by atoms with Crippen LogP contribution < -0.4 is 5.32 Å². The van der Waals surface area contributed by atoms with Crippen molar-refractivity contribution in [2.24, 2.45) is 5.92 Å². The molecule has 0 saturated carbocycles. The molecule has 2 N–H and O–H groups in total. The van der Waals surface area contributed by atoms with Gasteiger partial charge >= 0.3 is 0 Å². The summed E-state index contributed by atoms with van der Waals surface area (Å²) in [5.74, 6) is 1.37. The normalized spacial score (nSPS) is 17.1. The van der Waals surface area contributed by atoms with Crippen molar-refractivity contribution in [1.29, 1.82) is 0 Å². The Balaban J connectivity index is 1.57. The second-order valence-electron chi connectivity index (χ2n) is 6.56. The molecule has 6 heteroatoms. The van der Waals surface area contributed by atoms with Gasteiger partial charge in [-0.05, 0) is 49.4 Å². The summed E-state index contributed by atoms with van der Waals surface area (Å²) in [6.45, 7) is 2.40. The average molecular weight is 335 g/mol. The van der Waals surface area contributed by atoms with Crippen molar-refractivity contribution in [2.75, 3.05) is 5.32 Å². The van der Waals surface area contributed by atoms with Gasteiger partial charge in [0, 0.05) is 24.7 Å². The van der Waals surface area contributed by atoms with Gasteiger partial charge < -0.3 is 10.3 Å². The predicted octanol–water partition coefficient (Wildman–Crippen LogP) is 3.74. The van der Waals surface area contributed by atoms with Gasteiger partial charge in [-0.2, -0.15) is 5.10 Å². The molecule has 0 aliphatic heterocycles. The standard InChI is InChI=1S/C19H21N5O/c1-13(25)21-16-9-7-15(8-10-16)18-22-17-11-20-24(19(17)23-18)12-14-5-3-2-4-6-14/h2-3,7-11,14H,4-6,12H2,1H3,(H,21,25)(H,22,23). The van der Waals surface area contributed by atoms with Crippen molar-refractivity contribution < 1.29 is 4.79 Å². The Morgan fingerprint density at radius 1 is 1.32 bits per heavy atom. The van der Waals surface area contributed by atoms with E-state index in [0.717, 1.165) is 47.6 Å².